The minimum Gasteiger partial charge on any atom is -0.461 e. The highest BCUT2D eigenvalue weighted by atomic mass is 16.5. The van der Waals surface area contributed by atoms with E-state index in [0.717, 1.165) is 32.1 Å². The molecule has 1 rings (SSSR count). The van der Waals surface area contributed by atoms with E-state index in [1.165, 1.54) is 12.8 Å². The first-order valence-corrected chi connectivity index (χ1v) is 13.5. The first kappa shape index (κ1) is 30.4. The van der Waals surface area contributed by atoms with Crippen LogP contribution in [0.25, 0.3) is 0 Å². The van der Waals surface area contributed by atoms with Crippen molar-refractivity contribution >= 4 is 5.97 Å². The molecule has 0 saturated carbocycles. The van der Waals surface area contributed by atoms with Gasteiger partial charge in [-0.15, -0.1) is 0 Å². The first-order chi connectivity index (χ1) is 16.3. The maximum atomic E-state index is 12.6. The van der Waals surface area contributed by atoms with Crippen LogP contribution in [-0.2, 0) is 9.53 Å². The quantitative estimate of drug-likeness (QED) is 0.264. The molecular formula is C30H50O4. The summed E-state index contributed by atoms with van der Waals surface area (Å²) in [4.78, 5) is 12.6. The van der Waals surface area contributed by atoms with E-state index in [1.807, 2.05) is 45.1 Å². The smallest absolute Gasteiger partial charge is 0.306 e. The lowest BCUT2D eigenvalue weighted by atomic mass is 9.86. The number of ether oxygens (including phenoxy) is 1. The number of esters is 1. The molecule has 0 fully saturated rings. The van der Waals surface area contributed by atoms with E-state index in [1.54, 1.807) is 6.08 Å². The van der Waals surface area contributed by atoms with Crippen LogP contribution in [0.3, 0.4) is 0 Å². The van der Waals surface area contributed by atoms with Gasteiger partial charge in [0.25, 0.3) is 0 Å². The van der Waals surface area contributed by atoms with Crippen LogP contribution in [0.4, 0.5) is 0 Å². The molecule has 1 aliphatic heterocycles. The normalized spacial score (nSPS) is 34.8. The molecule has 0 aliphatic carbocycles. The highest BCUT2D eigenvalue weighted by molar-refractivity contribution is 5.69. The Kier molecular flexibility index (Phi) is 15.8. The van der Waals surface area contributed by atoms with Gasteiger partial charge in [0.05, 0.1) is 12.2 Å². The Morgan fingerprint density at radius 2 is 1.56 bits per heavy atom. The van der Waals surface area contributed by atoms with Crippen molar-refractivity contribution < 1.29 is 19.7 Å². The highest BCUT2D eigenvalue weighted by Crippen LogP contribution is 2.25. The van der Waals surface area contributed by atoms with Crippen LogP contribution < -0.4 is 0 Å². The number of hydrogen-bond acceptors (Lipinski definition) is 4. The number of hydrogen-bond donors (Lipinski definition) is 2. The Balaban J connectivity index is 2.89. The zero-order valence-electron chi connectivity index (χ0n) is 22.1. The van der Waals surface area contributed by atoms with Gasteiger partial charge in [0.1, 0.15) is 6.10 Å². The third-order valence-electron chi connectivity index (χ3n) is 7.05. The maximum Gasteiger partial charge on any atom is 0.306 e. The number of carbonyl (C=O) groups is 1. The Morgan fingerprint density at radius 1 is 0.971 bits per heavy atom. The average molecular weight is 475 g/mol. The maximum absolute atomic E-state index is 12.6. The van der Waals surface area contributed by atoms with Crippen molar-refractivity contribution in [2.45, 2.75) is 110 Å². The number of cyclic esters (lactones) is 1. The lowest BCUT2D eigenvalue weighted by Crippen LogP contribution is -2.37. The topological polar surface area (TPSA) is 66.8 Å². The largest absolute Gasteiger partial charge is 0.461 e. The second-order valence-electron chi connectivity index (χ2n) is 10.2. The molecule has 0 aromatic rings. The Bertz CT molecular complexity index is 650. The number of carbonyl (C=O) groups excluding carboxylic acids is 1. The summed E-state index contributed by atoms with van der Waals surface area (Å²) in [6.45, 7) is 11.8. The molecule has 0 radical (unpaired) electrons. The van der Waals surface area contributed by atoms with Gasteiger partial charge >= 0.3 is 5.97 Å². The van der Waals surface area contributed by atoms with Gasteiger partial charge in [-0.25, -0.2) is 0 Å². The van der Waals surface area contributed by atoms with Crippen LogP contribution in [0, 0.1) is 23.7 Å². The molecule has 7 atom stereocenters. The Morgan fingerprint density at radius 3 is 2.21 bits per heavy atom. The number of rotatable bonds is 3. The molecule has 0 amide bonds. The van der Waals surface area contributed by atoms with Gasteiger partial charge in [0.2, 0.25) is 0 Å². The summed E-state index contributed by atoms with van der Waals surface area (Å²) in [6, 6.07) is 0. The van der Waals surface area contributed by atoms with Gasteiger partial charge in [-0.2, -0.15) is 0 Å². The molecule has 4 nitrogen and oxygen atoms in total. The van der Waals surface area contributed by atoms with E-state index in [9.17, 15) is 15.0 Å². The van der Waals surface area contributed by atoms with Crippen molar-refractivity contribution in [3.63, 3.8) is 0 Å². The van der Waals surface area contributed by atoms with E-state index < -0.39 is 12.2 Å². The third kappa shape index (κ3) is 12.2. The van der Waals surface area contributed by atoms with E-state index in [2.05, 4.69) is 25.7 Å². The van der Waals surface area contributed by atoms with Crippen LogP contribution in [0.5, 0.6) is 0 Å². The predicted molar refractivity (Wildman–Crippen MR) is 142 cm³/mol. The second-order valence-corrected chi connectivity index (χ2v) is 10.2. The molecule has 0 spiro atoms. The van der Waals surface area contributed by atoms with Crippen molar-refractivity contribution in [2.24, 2.45) is 23.7 Å². The fourth-order valence-corrected chi connectivity index (χ4v) is 4.58. The zero-order valence-corrected chi connectivity index (χ0v) is 22.1. The molecule has 34 heavy (non-hydrogen) atoms. The molecule has 0 saturated heterocycles. The van der Waals surface area contributed by atoms with Crippen molar-refractivity contribution in [1.29, 1.82) is 0 Å². The summed E-state index contributed by atoms with van der Waals surface area (Å²) in [7, 11) is 0. The minimum atomic E-state index is -0.582. The van der Waals surface area contributed by atoms with Crippen molar-refractivity contribution in [3.8, 4) is 0 Å². The molecule has 1 aliphatic rings. The lowest BCUT2D eigenvalue weighted by molar-refractivity contribution is -0.156. The summed E-state index contributed by atoms with van der Waals surface area (Å²) in [5.41, 5.74) is 0. The van der Waals surface area contributed by atoms with Gasteiger partial charge < -0.3 is 14.9 Å². The van der Waals surface area contributed by atoms with E-state index >= 15 is 0 Å². The molecule has 4 heteroatoms. The van der Waals surface area contributed by atoms with Crippen LogP contribution in [-0.4, -0.2) is 34.5 Å². The molecule has 0 aromatic carbocycles. The van der Waals surface area contributed by atoms with Crippen molar-refractivity contribution in [3.05, 3.63) is 49.1 Å². The van der Waals surface area contributed by atoms with Gasteiger partial charge in [-0.3, -0.25) is 4.79 Å². The fourth-order valence-electron chi connectivity index (χ4n) is 4.58. The monoisotopic (exact) mass is 474 g/mol. The van der Waals surface area contributed by atoms with Gasteiger partial charge in [0, 0.05) is 30.1 Å². The summed E-state index contributed by atoms with van der Waals surface area (Å²) in [6.07, 6.45) is 21.9. The zero-order chi connectivity index (χ0) is 25.3. The van der Waals surface area contributed by atoms with Gasteiger partial charge in [-0.1, -0.05) is 102 Å². The van der Waals surface area contributed by atoms with E-state index in [0.29, 0.717) is 19.3 Å². The van der Waals surface area contributed by atoms with Crippen LogP contribution in [0.2, 0.25) is 0 Å². The van der Waals surface area contributed by atoms with E-state index in [-0.39, 0.29) is 35.7 Å². The standard InChI is InChI=1S/C30H50O4/c1-6-7-18-25(4)30-26(5)27(31)21-17-16-20-24(3)29(33)23(2)19-14-12-10-8-9-11-13-15-22-28(32)34-30/h6-7,14,16,18-20,23-27,29-31,33H,1,8-13,15,17,21-22H2,2-5H3/b18-7-,19-14-,20-16-/t23-,24?,25-,26-,27+,29-,30-/m0/s1. The predicted octanol–water partition coefficient (Wildman–Crippen LogP) is 6.93. The summed E-state index contributed by atoms with van der Waals surface area (Å²) >= 11 is 0. The molecule has 1 heterocycles. The Hall–Kier alpha value is -1.65. The van der Waals surface area contributed by atoms with Crippen LogP contribution in [0.1, 0.15) is 91.9 Å². The van der Waals surface area contributed by atoms with E-state index in [4.69, 9.17) is 4.74 Å². The Labute approximate surface area is 208 Å². The number of aliphatic hydroxyl groups excluding tert-OH is 2. The SMILES string of the molecule is C=C/C=C\[C@H](C)[C@@H]1OC(=O)CCCCCCCC/C=C\[C@H](C)[C@H](O)C(C)/C=C\CC[C@@H](O)[C@@H]1C. The fraction of sp³-hybridized carbons (Fsp3) is 0.700. The molecule has 2 N–H and O–H groups in total. The van der Waals surface area contributed by atoms with Crippen LogP contribution >= 0.6 is 0 Å². The number of aliphatic hydroxyl groups is 2. The molecule has 1 unspecified atom stereocenters. The highest BCUT2D eigenvalue weighted by Gasteiger charge is 2.30. The van der Waals surface area contributed by atoms with Crippen LogP contribution in [0.15, 0.2) is 49.1 Å². The molecule has 0 aromatic heterocycles. The van der Waals surface area contributed by atoms with Gasteiger partial charge in [-0.05, 0) is 32.1 Å². The minimum absolute atomic E-state index is 0.0163. The number of allylic oxidation sites excluding steroid dienone is 4. The summed E-state index contributed by atoms with van der Waals surface area (Å²) in [5.74, 6) is -0.217. The average Bonchev–Trinajstić information content (AvgIpc) is 2.82. The van der Waals surface area contributed by atoms with Crippen molar-refractivity contribution in [1.82, 2.24) is 0 Å². The van der Waals surface area contributed by atoms with Crippen molar-refractivity contribution in [2.75, 3.05) is 0 Å². The molecule has 194 valence electrons. The molecular weight excluding hydrogens is 424 g/mol. The molecule has 0 bridgehead atoms. The summed E-state index contributed by atoms with van der Waals surface area (Å²) < 4.78 is 5.90. The summed E-state index contributed by atoms with van der Waals surface area (Å²) in [5, 5.41) is 21.5. The third-order valence-corrected chi connectivity index (χ3v) is 7.05. The van der Waals surface area contributed by atoms with Gasteiger partial charge in [0.15, 0.2) is 0 Å². The first-order valence-electron chi connectivity index (χ1n) is 13.5. The second kappa shape index (κ2) is 17.7. The lowest BCUT2D eigenvalue weighted by Gasteiger charge is -2.31.